The largest absolute Gasteiger partial charge is 0.464 e. The summed E-state index contributed by atoms with van der Waals surface area (Å²) in [7, 11) is 0. The summed E-state index contributed by atoms with van der Waals surface area (Å²) >= 11 is 0. The van der Waals surface area contributed by atoms with Gasteiger partial charge in [-0.25, -0.2) is 0 Å². The first-order chi connectivity index (χ1) is 10.7. The van der Waals surface area contributed by atoms with Crippen molar-refractivity contribution in [2.45, 2.75) is 32.6 Å². The summed E-state index contributed by atoms with van der Waals surface area (Å²) in [4.78, 5) is 23.5. The lowest BCUT2D eigenvalue weighted by Crippen LogP contribution is -2.33. The minimum atomic E-state index is -4.58. The Bertz CT molecular complexity index is 762. The molecule has 2 heterocycles. The van der Waals surface area contributed by atoms with Crippen LogP contribution in [0.4, 0.5) is 13.2 Å². The van der Waals surface area contributed by atoms with Crippen LogP contribution in [0.1, 0.15) is 30.0 Å². The highest BCUT2D eigenvalue weighted by Gasteiger charge is 2.31. The van der Waals surface area contributed by atoms with E-state index in [4.69, 9.17) is 4.42 Å². The van der Waals surface area contributed by atoms with Crippen LogP contribution < -0.4 is 10.9 Å². The van der Waals surface area contributed by atoms with Gasteiger partial charge in [-0.15, -0.1) is 0 Å². The molecule has 1 N–H and O–H groups in total. The molecule has 2 aromatic heterocycles. The third kappa shape index (κ3) is 4.24. The zero-order chi connectivity index (χ0) is 17.2. The minimum absolute atomic E-state index is 0.460. The second kappa shape index (κ2) is 6.31. The zero-order valence-electron chi connectivity index (χ0n) is 12.5. The molecule has 2 rings (SSSR count). The molecule has 0 aliphatic heterocycles. The van der Waals surface area contributed by atoms with Crippen molar-refractivity contribution in [1.29, 1.82) is 0 Å². The highest BCUT2D eigenvalue weighted by Crippen LogP contribution is 2.28. The van der Waals surface area contributed by atoms with Gasteiger partial charge in [-0.3, -0.25) is 9.59 Å². The SMILES string of the molecule is Cc1ccc([C@H](C)NC(=O)Cn2cc(C(F)(F)F)ccc2=O)o1. The highest BCUT2D eigenvalue weighted by molar-refractivity contribution is 5.76. The number of nitrogens with one attached hydrogen (secondary N) is 1. The van der Waals surface area contributed by atoms with Crippen LogP contribution in [0.25, 0.3) is 0 Å². The smallest absolute Gasteiger partial charge is 0.417 e. The number of furan rings is 1. The summed E-state index contributed by atoms with van der Waals surface area (Å²) in [5, 5.41) is 2.57. The van der Waals surface area contributed by atoms with Gasteiger partial charge in [-0.05, 0) is 32.0 Å². The maximum atomic E-state index is 12.6. The molecule has 8 heteroatoms. The van der Waals surface area contributed by atoms with Crippen LogP contribution in [0.15, 0.2) is 39.7 Å². The molecule has 23 heavy (non-hydrogen) atoms. The lowest BCUT2D eigenvalue weighted by molar-refractivity contribution is -0.138. The number of hydrogen-bond acceptors (Lipinski definition) is 3. The van der Waals surface area contributed by atoms with Crippen LogP contribution in [0.3, 0.4) is 0 Å². The fourth-order valence-electron chi connectivity index (χ4n) is 2.02. The van der Waals surface area contributed by atoms with Crippen molar-refractivity contribution in [1.82, 2.24) is 9.88 Å². The Labute approximate surface area is 129 Å². The topological polar surface area (TPSA) is 64.2 Å². The fourth-order valence-corrected chi connectivity index (χ4v) is 2.02. The molecule has 0 saturated carbocycles. The summed E-state index contributed by atoms with van der Waals surface area (Å²) in [5.41, 5.74) is -1.67. The Balaban J connectivity index is 2.09. The number of aromatic nitrogens is 1. The predicted octanol–water partition coefficient (Wildman–Crippen LogP) is 2.65. The molecule has 0 unspecified atom stereocenters. The van der Waals surface area contributed by atoms with E-state index in [9.17, 15) is 22.8 Å². The third-order valence-corrected chi connectivity index (χ3v) is 3.19. The number of carbonyl (C=O) groups excluding carboxylic acids is 1. The van der Waals surface area contributed by atoms with Crippen molar-refractivity contribution in [2.75, 3.05) is 0 Å². The van der Waals surface area contributed by atoms with Gasteiger partial charge in [0.1, 0.15) is 18.1 Å². The maximum absolute atomic E-state index is 12.6. The van der Waals surface area contributed by atoms with Gasteiger partial charge >= 0.3 is 6.18 Å². The second-order valence-electron chi connectivity index (χ2n) is 5.12. The van der Waals surface area contributed by atoms with Gasteiger partial charge in [0, 0.05) is 12.3 Å². The number of nitrogens with zero attached hydrogens (tertiary/aromatic N) is 1. The van der Waals surface area contributed by atoms with Gasteiger partial charge in [0.15, 0.2) is 0 Å². The number of alkyl halides is 3. The van der Waals surface area contributed by atoms with Gasteiger partial charge in [0.25, 0.3) is 5.56 Å². The summed E-state index contributed by atoms with van der Waals surface area (Å²) in [5.74, 6) is 0.607. The van der Waals surface area contributed by atoms with Gasteiger partial charge in [0.2, 0.25) is 5.91 Å². The molecule has 0 aliphatic carbocycles. The number of amides is 1. The number of halogens is 3. The molecule has 0 spiro atoms. The highest BCUT2D eigenvalue weighted by atomic mass is 19.4. The molecular weight excluding hydrogens is 313 g/mol. The van der Waals surface area contributed by atoms with E-state index in [2.05, 4.69) is 5.32 Å². The number of pyridine rings is 1. The van der Waals surface area contributed by atoms with Crippen LogP contribution in [0, 0.1) is 6.92 Å². The summed E-state index contributed by atoms with van der Waals surface area (Å²) in [6, 6.07) is 4.43. The van der Waals surface area contributed by atoms with Crippen molar-refractivity contribution in [3.63, 3.8) is 0 Å². The van der Waals surface area contributed by atoms with Crippen LogP contribution in [0.2, 0.25) is 0 Å². The monoisotopic (exact) mass is 328 g/mol. The molecule has 0 aromatic carbocycles. The Hall–Kier alpha value is -2.51. The lowest BCUT2D eigenvalue weighted by atomic mass is 10.2. The van der Waals surface area contributed by atoms with E-state index in [0.29, 0.717) is 23.8 Å². The molecule has 0 fully saturated rings. The molecule has 0 radical (unpaired) electrons. The molecule has 0 saturated heterocycles. The summed E-state index contributed by atoms with van der Waals surface area (Å²) in [6.45, 7) is 2.91. The van der Waals surface area contributed by atoms with E-state index < -0.39 is 35.8 Å². The Kier molecular flexibility index (Phi) is 4.63. The first-order valence-electron chi connectivity index (χ1n) is 6.80. The predicted molar refractivity (Wildman–Crippen MR) is 75.7 cm³/mol. The van der Waals surface area contributed by atoms with Crippen molar-refractivity contribution < 1.29 is 22.4 Å². The average molecular weight is 328 g/mol. The second-order valence-corrected chi connectivity index (χ2v) is 5.12. The molecule has 0 bridgehead atoms. The third-order valence-electron chi connectivity index (χ3n) is 3.19. The van der Waals surface area contributed by atoms with Gasteiger partial charge in [0.05, 0.1) is 11.6 Å². The Morgan fingerprint density at radius 3 is 2.57 bits per heavy atom. The van der Waals surface area contributed by atoms with E-state index >= 15 is 0 Å². The van der Waals surface area contributed by atoms with Crippen LogP contribution in [-0.2, 0) is 17.5 Å². The molecule has 1 atom stereocenters. The Morgan fingerprint density at radius 2 is 2.00 bits per heavy atom. The van der Waals surface area contributed by atoms with Crippen molar-refractivity contribution in [3.8, 4) is 0 Å². The Morgan fingerprint density at radius 1 is 1.30 bits per heavy atom. The molecule has 5 nitrogen and oxygen atoms in total. The van der Waals surface area contributed by atoms with E-state index in [1.165, 1.54) is 0 Å². The van der Waals surface area contributed by atoms with Crippen molar-refractivity contribution in [2.24, 2.45) is 0 Å². The number of aryl methyl sites for hydroxylation is 1. The molecule has 0 aliphatic rings. The summed E-state index contributed by atoms with van der Waals surface area (Å²) < 4.78 is 44.0. The van der Waals surface area contributed by atoms with E-state index in [1.807, 2.05) is 0 Å². The lowest BCUT2D eigenvalue weighted by Gasteiger charge is -2.13. The van der Waals surface area contributed by atoms with Gasteiger partial charge in [-0.2, -0.15) is 13.2 Å². The van der Waals surface area contributed by atoms with Crippen LogP contribution in [-0.4, -0.2) is 10.5 Å². The first-order valence-corrected chi connectivity index (χ1v) is 6.80. The fraction of sp³-hybridized carbons (Fsp3) is 0.333. The number of carbonyl (C=O) groups is 1. The average Bonchev–Trinajstić information content (AvgIpc) is 2.86. The molecule has 124 valence electrons. The van der Waals surface area contributed by atoms with Crippen LogP contribution in [0.5, 0.6) is 0 Å². The summed E-state index contributed by atoms with van der Waals surface area (Å²) in [6.07, 6.45) is -3.95. The molecular formula is C15H15F3N2O3. The quantitative estimate of drug-likeness (QED) is 0.938. The maximum Gasteiger partial charge on any atom is 0.417 e. The standard InChI is InChI=1S/C15H15F3N2O3/c1-9-3-5-12(23-9)10(2)19-13(21)8-20-7-11(15(16,17)18)4-6-14(20)22/h3-7,10H,8H2,1-2H3,(H,19,21)/t10-/m0/s1. The van der Waals surface area contributed by atoms with E-state index in [-0.39, 0.29) is 0 Å². The van der Waals surface area contributed by atoms with Crippen molar-refractivity contribution >= 4 is 5.91 Å². The number of hydrogen-bond donors (Lipinski definition) is 1. The van der Waals surface area contributed by atoms with E-state index in [1.54, 1.807) is 26.0 Å². The number of rotatable bonds is 4. The molecule has 1 amide bonds. The van der Waals surface area contributed by atoms with E-state index in [0.717, 1.165) is 10.6 Å². The normalized spacial score (nSPS) is 12.9. The van der Waals surface area contributed by atoms with Gasteiger partial charge in [-0.1, -0.05) is 0 Å². The minimum Gasteiger partial charge on any atom is -0.464 e. The van der Waals surface area contributed by atoms with Crippen LogP contribution >= 0.6 is 0 Å². The molecule has 2 aromatic rings. The zero-order valence-corrected chi connectivity index (χ0v) is 12.5. The van der Waals surface area contributed by atoms with Crippen molar-refractivity contribution in [3.05, 3.63) is 57.9 Å². The van der Waals surface area contributed by atoms with Gasteiger partial charge < -0.3 is 14.3 Å². The first kappa shape index (κ1) is 16.9.